The Hall–Kier alpha value is -2.29. The predicted octanol–water partition coefficient (Wildman–Crippen LogP) is 3.05. The van der Waals surface area contributed by atoms with Crippen LogP contribution in [0.3, 0.4) is 0 Å². The maximum Gasteiger partial charge on any atom is 0.198 e. The average molecular weight is 225 g/mol. The normalized spacial score (nSPS) is 11.2. The molecule has 0 saturated heterocycles. The molecule has 2 rings (SSSR count). The van der Waals surface area contributed by atoms with Crippen molar-refractivity contribution < 1.29 is 0 Å². The van der Waals surface area contributed by atoms with E-state index in [-0.39, 0.29) is 0 Å². The van der Waals surface area contributed by atoms with Gasteiger partial charge >= 0.3 is 0 Å². The molecule has 2 aromatic rings. The topological polar surface area (TPSA) is 50.4 Å². The zero-order chi connectivity index (χ0) is 12.1. The van der Waals surface area contributed by atoms with Gasteiger partial charge in [-0.1, -0.05) is 35.9 Å². The number of guanidine groups is 1. The molecule has 0 unspecified atom stereocenters. The predicted molar refractivity (Wildman–Crippen MR) is 72.5 cm³/mol. The van der Waals surface area contributed by atoms with Crippen LogP contribution in [0.1, 0.15) is 5.56 Å². The number of para-hydroxylation sites is 1. The lowest BCUT2D eigenvalue weighted by molar-refractivity contribution is 1.42. The first-order valence-electron chi connectivity index (χ1n) is 5.47. The van der Waals surface area contributed by atoms with Crippen molar-refractivity contribution in [2.24, 2.45) is 10.7 Å². The summed E-state index contributed by atoms with van der Waals surface area (Å²) in [5.74, 6) is 0.389. The number of rotatable bonds is 2. The molecule has 0 spiro atoms. The quantitative estimate of drug-likeness (QED) is 0.609. The lowest BCUT2D eigenvalue weighted by Crippen LogP contribution is -2.21. The van der Waals surface area contributed by atoms with Gasteiger partial charge in [-0.2, -0.15) is 0 Å². The van der Waals surface area contributed by atoms with Crippen LogP contribution in [0.25, 0.3) is 0 Å². The first-order chi connectivity index (χ1) is 8.24. The van der Waals surface area contributed by atoms with E-state index >= 15 is 0 Å². The minimum atomic E-state index is 0.389. The Morgan fingerprint density at radius 2 is 1.65 bits per heavy atom. The molecular weight excluding hydrogens is 210 g/mol. The largest absolute Gasteiger partial charge is 0.369 e. The van der Waals surface area contributed by atoms with E-state index in [2.05, 4.69) is 10.3 Å². The van der Waals surface area contributed by atoms with Crippen molar-refractivity contribution in [3.8, 4) is 0 Å². The van der Waals surface area contributed by atoms with Gasteiger partial charge < -0.3 is 11.1 Å². The molecule has 3 nitrogen and oxygen atoms in total. The first-order valence-corrected chi connectivity index (χ1v) is 5.47. The van der Waals surface area contributed by atoms with Gasteiger partial charge in [-0.15, -0.1) is 0 Å². The summed E-state index contributed by atoms with van der Waals surface area (Å²) >= 11 is 0. The van der Waals surface area contributed by atoms with E-state index in [4.69, 9.17) is 5.73 Å². The average Bonchev–Trinajstić information content (AvgIpc) is 2.33. The van der Waals surface area contributed by atoms with Gasteiger partial charge in [-0.05, 0) is 31.2 Å². The van der Waals surface area contributed by atoms with Crippen LogP contribution >= 0.6 is 0 Å². The number of anilines is 1. The van der Waals surface area contributed by atoms with Crippen LogP contribution in [0.5, 0.6) is 0 Å². The molecule has 0 atom stereocenters. The molecule has 0 amide bonds. The second-order valence-corrected chi connectivity index (χ2v) is 3.82. The summed E-state index contributed by atoms with van der Waals surface area (Å²) in [6.45, 7) is 2.05. The Kier molecular flexibility index (Phi) is 3.40. The van der Waals surface area contributed by atoms with Gasteiger partial charge in [0.2, 0.25) is 0 Å². The smallest absolute Gasteiger partial charge is 0.198 e. The van der Waals surface area contributed by atoms with Crippen molar-refractivity contribution in [1.82, 2.24) is 0 Å². The number of hydrogen-bond acceptors (Lipinski definition) is 1. The minimum Gasteiger partial charge on any atom is -0.369 e. The summed E-state index contributed by atoms with van der Waals surface area (Å²) < 4.78 is 0. The van der Waals surface area contributed by atoms with Crippen molar-refractivity contribution in [2.75, 3.05) is 5.32 Å². The Balaban J connectivity index is 2.09. The fourth-order valence-corrected chi connectivity index (χ4v) is 1.45. The summed E-state index contributed by atoms with van der Waals surface area (Å²) in [7, 11) is 0. The Bertz CT molecular complexity index is 501. The van der Waals surface area contributed by atoms with E-state index < -0.39 is 0 Å². The van der Waals surface area contributed by atoms with Crippen molar-refractivity contribution in [1.29, 1.82) is 0 Å². The monoisotopic (exact) mass is 225 g/mol. The molecule has 0 aliphatic rings. The number of aryl methyl sites for hydroxylation is 1. The van der Waals surface area contributed by atoms with E-state index in [1.165, 1.54) is 5.56 Å². The van der Waals surface area contributed by atoms with E-state index in [0.717, 1.165) is 11.4 Å². The van der Waals surface area contributed by atoms with Gasteiger partial charge in [0, 0.05) is 5.69 Å². The summed E-state index contributed by atoms with van der Waals surface area (Å²) in [5, 5.41) is 3.05. The number of aliphatic imine (C=N–C) groups is 1. The van der Waals surface area contributed by atoms with Crippen molar-refractivity contribution >= 4 is 17.3 Å². The fourth-order valence-electron chi connectivity index (χ4n) is 1.45. The van der Waals surface area contributed by atoms with Crippen LogP contribution in [0.15, 0.2) is 59.6 Å². The van der Waals surface area contributed by atoms with E-state index in [0.29, 0.717) is 5.96 Å². The third-order valence-corrected chi connectivity index (χ3v) is 2.33. The van der Waals surface area contributed by atoms with E-state index in [1.54, 1.807) is 0 Å². The van der Waals surface area contributed by atoms with Crippen molar-refractivity contribution in [3.05, 3.63) is 60.2 Å². The number of nitrogens with two attached hydrogens (primary N) is 1. The zero-order valence-electron chi connectivity index (χ0n) is 9.72. The number of nitrogens with zero attached hydrogens (tertiary/aromatic N) is 1. The molecule has 3 N–H and O–H groups in total. The highest BCUT2D eigenvalue weighted by Gasteiger charge is 1.95. The molecule has 86 valence electrons. The Morgan fingerprint density at radius 3 is 2.29 bits per heavy atom. The first kappa shape index (κ1) is 11.2. The molecular formula is C14H15N3. The third kappa shape index (κ3) is 3.34. The number of hydrogen-bond donors (Lipinski definition) is 2. The molecule has 0 saturated carbocycles. The van der Waals surface area contributed by atoms with E-state index in [1.807, 2.05) is 61.5 Å². The molecule has 0 radical (unpaired) electrons. The highest BCUT2D eigenvalue weighted by molar-refractivity contribution is 5.93. The van der Waals surface area contributed by atoms with Gasteiger partial charge in [0.1, 0.15) is 0 Å². The molecule has 2 aromatic carbocycles. The summed E-state index contributed by atoms with van der Waals surface area (Å²) in [6.07, 6.45) is 0. The molecule has 0 aliphatic carbocycles. The van der Waals surface area contributed by atoms with Crippen molar-refractivity contribution in [2.45, 2.75) is 6.92 Å². The van der Waals surface area contributed by atoms with Crippen LogP contribution in [0, 0.1) is 6.92 Å². The van der Waals surface area contributed by atoms with Gasteiger partial charge in [0.05, 0.1) is 5.69 Å². The molecule has 17 heavy (non-hydrogen) atoms. The van der Waals surface area contributed by atoms with Crippen LogP contribution in [-0.4, -0.2) is 5.96 Å². The molecule has 0 aliphatic heterocycles. The molecule has 3 heteroatoms. The minimum absolute atomic E-state index is 0.389. The Labute approximate surface area is 101 Å². The summed E-state index contributed by atoms with van der Waals surface area (Å²) in [6, 6.07) is 17.6. The maximum atomic E-state index is 5.81. The summed E-state index contributed by atoms with van der Waals surface area (Å²) in [5.41, 5.74) is 8.81. The molecule has 0 bridgehead atoms. The molecule has 0 heterocycles. The van der Waals surface area contributed by atoms with Crippen molar-refractivity contribution in [3.63, 3.8) is 0 Å². The summed E-state index contributed by atoms with van der Waals surface area (Å²) in [4.78, 5) is 4.26. The fraction of sp³-hybridized carbons (Fsp3) is 0.0714. The second kappa shape index (κ2) is 5.16. The van der Waals surface area contributed by atoms with E-state index in [9.17, 15) is 0 Å². The third-order valence-electron chi connectivity index (χ3n) is 2.33. The van der Waals surface area contributed by atoms with Crippen LogP contribution in [0.4, 0.5) is 11.4 Å². The molecule has 0 fully saturated rings. The SMILES string of the molecule is Cc1ccc(NC(N)=Nc2ccccc2)cc1. The van der Waals surface area contributed by atoms with Gasteiger partial charge in [0.15, 0.2) is 5.96 Å². The zero-order valence-corrected chi connectivity index (χ0v) is 9.72. The van der Waals surface area contributed by atoms with Crippen LogP contribution in [-0.2, 0) is 0 Å². The second-order valence-electron chi connectivity index (χ2n) is 3.82. The van der Waals surface area contributed by atoms with Gasteiger partial charge in [0.25, 0.3) is 0 Å². The molecule has 0 aromatic heterocycles. The maximum absolute atomic E-state index is 5.81. The van der Waals surface area contributed by atoms with Gasteiger partial charge in [-0.25, -0.2) is 4.99 Å². The Morgan fingerprint density at radius 1 is 1.00 bits per heavy atom. The highest BCUT2D eigenvalue weighted by Crippen LogP contribution is 2.11. The lowest BCUT2D eigenvalue weighted by Gasteiger charge is -2.05. The number of nitrogens with one attached hydrogen (secondary N) is 1. The standard InChI is InChI=1S/C14H15N3/c1-11-7-9-13(10-8-11)17-14(15)16-12-5-3-2-4-6-12/h2-10H,1H3,(H3,15,16,17). The van der Waals surface area contributed by atoms with Crippen LogP contribution < -0.4 is 11.1 Å². The number of benzene rings is 2. The van der Waals surface area contributed by atoms with Crippen LogP contribution in [0.2, 0.25) is 0 Å². The van der Waals surface area contributed by atoms with Gasteiger partial charge in [-0.3, -0.25) is 0 Å². The highest BCUT2D eigenvalue weighted by atomic mass is 15.1. The lowest BCUT2D eigenvalue weighted by atomic mass is 10.2.